The van der Waals surface area contributed by atoms with Crippen molar-refractivity contribution in [1.82, 2.24) is 5.32 Å². The summed E-state index contributed by atoms with van der Waals surface area (Å²) >= 11 is 0. The average molecular weight is 253 g/mol. The molecule has 3 N–H and O–H groups in total. The standard InChI is InChI=1S/C14H23NO3/c1-11(2)15-13(9-17)10-18-14-5-3-12(4-6-14)7-8-16/h3-6,11,13,15-17H,7-10H2,1-2H3. The van der Waals surface area contributed by atoms with E-state index >= 15 is 0 Å². The summed E-state index contributed by atoms with van der Waals surface area (Å²) < 4.78 is 5.61. The Bertz CT molecular complexity index is 324. The Hall–Kier alpha value is -1.10. The molecule has 102 valence electrons. The van der Waals surface area contributed by atoms with Crippen LogP contribution in [0.4, 0.5) is 0 Å². The molecule has 0 aromatic heterocycles. The predicted octanol–water partition coefficient (Wildman–Crippen LogP) is 0.959. The van der Waals surface area contributed by atoms with Crippen LogP contribution < -0.4 is 10.1 Å². The largest absolute Gasteiger partial charge is 0.492 e. The van der Waals surface area contributed by atoms with Crippen molar-refractivity contribution < 1.29 is 14.9 Å². The molecule has 0 spiro atoms. The number of aliphatic hydroxyl groups excluding tert-OH is 2. The molecule has 0 aliphatic carbocycles. The molecule has 1 rings (SSSR count). The van der Waals surface area contributed by atoms with Gasteiger partial charge in [-0.1, -0.05) is 26.0 Å². The minimum atomic E-state index is -0.0536. The van der Waals surface area contributed by atoms with Gasteiger partial charge in [0.2, 0.25) is 0 Å². The lowest BCUT2D eigenvalue weighted by Crippen LogP contribution is -2.41. The third-order valence-electron chi connectivity index (χ3n) is 2.56. The number of hydrogen-bond donors (Lipinski definition) is 3. The van der Waals surface area contributed by atoms with Crippen LogP contribution in [0.3, 0.4) is 0 Å². The van der Waals surface area contributed by atoms with Crippen LogP contribution in [0.1, 0.15) is 19.4 Å². The van der Waals surface area contributed by atoms with Gasteiger partial charge in [0.15, 0.2) is 0 Å². The first kappa shape index (κ1) is 15.0. The molecule has 0 aliphatic rings. The third-order valence-corrected chi connectivity index (χ3v) is 2.56. The predicted molar refractivity (Wildman–Crippen MR) is 71.9 cm³/mol. The van der Waals surface area contributed by atoms with E-state index in [0.29, 0.717) is 19.1 Å². The van der Waals surface area contributed by atoms with Gasteiger partial charge in [-0.05, 0) is 24.1 Å². The first-order valence-corrected chi connectivity index (χ1v) is 6.35. The zero-order valence-corrected chi connectivity index (χ0v) is 11.1. The molecule has 0 heterocycles. The van der Waals surface area contributed by atoms with E-state index in [2.05, 4.69) is 5.32 Å². The van der Waals surface area contributed by atoms with Crippen molar-refractivity contribution >= 4 is 0 Å². The highest BCUT2D eigenvalue weighted by molar-refractivity contribution is 5.27. The van der Waals surface area contributed by atoms with Crippen LogP contribution in [-0.4, -0.2) is 42.1 Å². The first-order valence-electron chi connectivity index (χ1n) is 6.35. The lowest BCUT2D eigenvalue weighted by Gasteiger charge is -2.19. The number of aliphatic hydroxyl groups is 2. The molecule has 0 fully saturated rings. The Kier molecular flexibility index (Phi) is 6.72. The normalized spacial score (nSPS) is 12.7. The van der Waals surface area contributed by atoms with Crippen molar-refractivity contribution in [2.75, 3.05) is 19.8 Å². The molecule has 1 aromatic carbocycles. The minimum Gasteiger partial charge on any atom is -0.492 e. The summed E-state index contributed by atoms with van der Waals surface area (Å²) in [5.41, 5.74) is 1.09. The van der Waals surface area contributed by atoms with Gasteiger partial charge in [-0.15, -0.1) is 0 Å². The maximum atomic E-state index is 9.20. The second-order valence-electron chi connectivity index (χ2n) is 4.63. The van der Waals surface area contributed by atoms with Crippen molar-refractivity contribution in [3.05, 3.63) is 29.8 Å². The van der Waals surface area contributed by atoms with E-state index in [0.717, 1.165) is 11.3 Å². The molecule has 1 atom stereocenters. The minimum absolute atomic E-state index is 0.0536. The molecule has 0 aliphatic heterocycles. The Balaban J connectivity index is 2.41. The van der Waals surface area contributed by atoms with Crippen LogP contribution in [0.2, 0.25) is 0 Å². The van der Waals surface area contributed by atoms with Crippen molar-refractivity contribution in [1.29, 1.82) is 0 Å². The average Bonchev–Trinajstić information content (AvgIpc) is 2.36. The summed E-state index contributed by atoms with van der Waals surface area (Å²) in [5.74, 6) is 0.778. The van der Waals surface area contributed by atoms with Crippen molar-refractivity contribution in [3.63, 3.8) is 0 Å². The summed E-state index contributed by atoms with van der Waals surface area (Å²) in [4.78, 5) is 0. The van der Waals surface area contributed by atoms with Crippen LogP contribution in [-0.2, 0) is 6.42 Å². The van der Waals surface area contributed by atoms with Crippen molar-refractivity contribution in [2.45, 2.75) is 32.4 Å². The number of nitrogens with one attached hydrogen (secondary N) is 1. The van der Waals surface area contributed by atoms with Gasteiger partial charge < -0.3 is 20.3 Å². The molecule has 0 saturated heterocycles. The summed E-state index contributed by atoms with van der Waals surface area (Å²) in [6.07, 6.45) is 0.661. The SMILES string of the molecule is CC(C)NC(CO)COc1ccc(CCO)cc1. The highest BCUT2D eigenvalue weighted by Gasteiger charge is 2.09. The molecule has 0 amide bonds. The van der Waals surface area contributed by atoms with Crippen LogP contribution in [0.15, 0.2) is 24.3 Å². The fourth-order valence-electron chi connectivity index (χ4n) is 1.70. The van der Waals surface area contributed by atoms with Crippen molar-refractivity contribution in [3.8, 4) is 5.75 Å². The highest BCUT2D eigenvalue weighted by atomic mass is 16.5. The van der Waals surface area contributed by atoms with Gasteiger partial charge in [-0.2, -0.15) is 0 Å². The van der Waals surface area contributed by atoms with Crippen molar-refractivity contribution in [2.24, 2.45) is 0 Å². The fourth-order valence-corrected chi connectivity index (χ4v) is 1.70. The Labute approximate surface area is 109 Å². The highest BCUT2D eigenvalue weighted by Crippen LogP contribution is 2.12. The fraction of sp³-hybridized carbons (Fsp3) is 0.571. The summed E-state index contributed by atoms with van der Waals surface area (Å²) in [6.45, 7) is 4.72. The van der Waals surface area contributed by atoms with Gasteiger partial charge in [-0.25, -0.2) is 0 Å². The molecule has 4 nitrogen and oxygen atoms in total. The third kappa shape index (κ3) is 5.49. The lowest BCUT2D eigenvalue weighted by molar-refractivity contribution is 0.177. The zero-order chi connectivity index (χ0) is 13.4. The van der Waals surface area contributed by atoms with E-state index in [1.165, 1.54) is 0 Å². The maximum Gasteiger partial charge on any atom is 0.119 e. The number of benzene rings is 1. The second kappa shape index (κ2) is 8.08. The molecule has 4 heteroatoms. The van der Waals surface area contributed by atoms with E-state index in [9.17, 15) is 5.11 Å². The Morgan fingerprint density at radius 2 is 1.83 bits per heavy atom. The molecule has 1 unspecified atom stereocenters. The first-order chi connectivity index (χ1) is 8.65. The molecular weight excluding hydrogens is 230 g/mol. The zero-order valence-electron chi connectivity index (χ0n) is 11.1. The van der Waals surface area contributed by atoms with Crippen LogP contribution in [0.5, 0.6) is 5.75 Å². The van der Waals surface area contributed by atoms with Gasteiger partial charge >= 0.3 is 0 Å². The van der Waals surface area contributed by atoms with Gasteiger partial charge in [-0.3, -0.25) is 0 Å². The topological polar surface area (TPSA) is 61.7 Å². The molecule has 18 heavy (non-hydrogen) atoms. The van der Waals surface area contributed by atoms with Crippen LogP contribution in [0.25, 0.3) is 0 Å². The molecule has 1 aromatic rings. The lowest BCUT2D eigenvalue weighted by atomic mass is 10.1. The molecule has 0 radical (unpaired) electrons. The monoisotopic (exact) mass is 253 g/mol. The van der Waals surface area contributed by atoms with E-state index in [4.69, 9.17) is 9.84 Å². The second-order valence-corrected chi connectivity index (χ2v) is 4.63. The van der Waals surface area contributed by atoms with Crippen LogP contribution in [0, 0.1) is 0 Å². The summed E-state index contributed by atoms with van der Waals surface area (Å²) in [6, 6.07) is 7.91. The number of ether oxygens (including phenoxy) is 1. The van der Waals surface area contributed by atoms with Gasteiger partial charge in [0.05, 0.1) is 12.6 Å². The number of rotatable bonds is 8. The number of hydrogen-bond acceptors (Lipinski definition) is 4. The summed E-state index contributed by atoms with van der Waals surface area (Å²) in [5, 5.41) is 21.2. The van der Waals surface area contributed by atoms with E-state index in [-0.39, 0.29) is 19.3 Å². The van der Waals surface area contributed by atoms with E-state index in [1.807, 2.05) is 38.1 Å². The smallest absolute Gasteiger partial charge is 0.119 e. The molecular formula is C14H23NO3. The van der Waals surface area contributed by atoms with E-state index < -0.39 is 0 Å². The Morgan fingerprint density at radius 1 is 1.17 bits per heavy atom. The molecule has 0 bridgehead atoms. The van der Waals surface area contributed by atoms with Gasteiger partial charge in [0.25, 0.3) is 0 Å². The van der Waals surface area contributed by atoms with Gasteiger partial charge in [0.1, 0.15) is 12.4 Å². The maximum absolute atomic E-state index is 9.20. The van der Waals surface area contributed by atoms with E-state index in [1.54, 1.807) is 0 Å². The van der Waals surface area contributed by atoms with Crippen LogP contribution >= 0.6 is 0 Å². The molecule has 0 saturated carbocycles. The van der Waals surface area contributed by atoms with Gasteiger partial charge in [0, 0.05) is 12.6 Å². The Morgan fingerprint density at radius 3 is 2.33 bits per heavy atom. The quantitative estimate of drug-likeness (QED) is 0.646. The summed E-state index contributed by atoms with van der Waals surface area (Å²) in [7, 11) is 0.